The third kappa shape index (κ3) is 3.61. The number of aliphatic hydroxyl groups excluding tert-OH is 1. The number of aliphatic hydroxyl groups is 1. The summed E-state index contributed by atoms with van der Waals surface area (Å²) >= 11 is 0. The lowest BCUT2D eigenvalue weighted by Crippen LogP contribution is -2.30. The largest absolute Gasteiger partial charge is 0.396 e. The molecule has 0 saturated heterocycles. The van der Waals surface area contributed by atoms with Crippen LogP contribution in [0.4, 0.5) is 4.39 Å². The monoisotopic (exact) mass is 342 g/mol. The second-order valence-corrected chi connectivity index (χ2v) is 5.86. The van der Waals surface area contributed by atoms with E-state index in [2.05, 4.69) is 10.4 Å². The average Bonchev–Trinajstić information content (AvgIpc) is 3.29. The molecule has 3 aromatic rings. The molecule has 3 rings (SSSR count). The molecule has 1 aromatic carbocycles. The molecular weight excluding hydrogens is 323 g/mol. The summed E-state index contributed by atoms with van der Waals surface area (Å²) in [6.07, 6.45) is 5.10. The van der Waals surface area contributed by atoms with Gasteiger partial charge in [0, 0.05) is 25.5 Å². The van der Waals surface area contributed by atoms with Crippen LogP contribution in [-0.4, -0.2) is 38.5 Å². The molecule has 0 saturated carbocycles. The highest BCUT2D eigenvalue weighted by molar-refractivity contribution is 5.97. The number of benzene rings is 1. The first-order valence-electron chi connectivity index (χ1n) is 7.96. The number of aromatic nitrogens is 3. The van der Waals surface area contributed by atoms with E-state index in [1.807, 2.05) is 31.5 Å². The van der Waals surface area contributed by atoms with E-state index in [4.69, 9.17) is 5.11 Å². The number of carbonyl (C=O) groups excluding carboxylic acids is 1. The van der Waals surface area contributed by atoms with Crippen molar-refractivity contribution in [3.63, 3.8) is 0 Å². The maximum Gasteiger partial charge on any atom is 0.256 e. The van der Waals surface area contributed by atoms with Gasteiger partial charge in [0.15, 0.2) is 5.82 Å². The zero-order valence-electron chi connectivity index (χ0n) is 13.8. The average molecular weight is 342 g/mol. The predicted octanol–water partition coefficient (Wildman–Crippen LogP) is 2.16. The lowest BCUT2D eigenvalue weighted by atomic mass is 10.2. The maximum atomic E-state index is 13.2. The van der Waals surface area contributed by atoms with Gasteiger partial charge < -0.3 is 15.0 Å². The van der Waals surface area contributed by atoms with Crippen molar-refractivity contribution < 1.29 is 14.3 Å². The standard InChI is InChI=1S/C18H19FN4O2/c1-13(12-24)10-20-17(25)16-11-21-23(15-6-4-14(19)5-7-15)18(16)22-8-2-3-9-22/h2-9,11,13,24H,10,12H2,1H3,(H,20,25). The van der Waals surface area contributed by atoms with Crippen molar-refractivity contribution >= 4 is 5.91 Å². The third-order valence-corrected chi connectivity index (χ3v) is 3.83. The second-order valence-electron chi connectivity index (χ2n) is 5.86. The summed E-state index contributed by atoms with van der Waals surface area (Å²) in [5, 5.41) is 16.2. The molecule has 0 aliphatic carbocycles. The van der Waals surface area contributed by atoms with E-state index < -0.39 is 0 Å². The van der Waals surface area contributed by atoms with Crippen LogP contribution in [0.5, 0.6) is 0 Å². The molecule has 0 radical (unpaired) electrons. The van der Waals surface area contributed by atoms with Crippen LogP contribution in [0.2, 0.25) is 0 Å². The number of nitrogens with one attached hydrogen (secondary N) is 1. The van der Waals surface area contributed by atoms with E-state index in [-0.39, 0.29) is 24.2 Å². The van der Waals surface area contributed by atoms with E-state index >= 15 is 0 Å². The van der Waals surface area contributed by atoms with Crippen molar-refractivity contribution in [3.8, 4) is 11.5 Å². The van der Waals surface area contributed by atoms with Gasteiger partial charge in [-0.15, -0.1) is 0 Å². The minimum atomic E-state index is -0.339. The number of hydrogen-bond acceptors (Lipinski definition) is 3. The third-order valence-electron chi connectivity index (χ3n) is 3.83. The molecule has 7 heteroatoms. The first-order valence-corrected chi connectivity index (χ1v) is 7.96. The highest BCUT2D eigenvalue weighted by atomic mass is 19.1. The molecule has 1 amide bonds. The molecule has 1 atom stereocenters. The molecule has 0 fully saturated rings. The summed E-state index contributed by atoms with van der Waals surface area (Å²) in [5.74, 6) is -0.0939. The fraction of sp³-hybridized carbons (Fsp3) is 0.222. The van der Waals surface area contributed by atoms with Gasteiger partial charge in [0.25, 0.3) is 5.91 Å². The van der Waals surface area contributed by atoms with Gasteiger partial charge in [-0.05, 0) is 42.3 Å². The smallest absolute Gasteiger partial charge is 0.256 e. The summed E-state index contributed by atoms with van der Waals surface area (Å²) in [5.41, 5.74) is 1.04. The Kier molecular flexibility index (Phi) is 4.95. The summed E-state index contributed by atoms with van der Waals surface area (Å²) in [4.78, 5) is 12.6. The highest BCUT2D eigenvalue weighted by Crippen LogP contribution is 2.20. The summed E-state index contributed by atoms with van der Waals surface area (Å²) in [6.45, 7) is 2.21. The summed E-state index contributed by atoms with van der Waals surface area (Å²) < 4.78 is 16.6. The van der Waals surface area contributed by atoms with Crippen molar-refractivity contribution in [1.82, 2.24) is 19.7 Å². The maximum absolute atomic E-state index is 13.2. The highest BCUT2D eigenvalue weighted by Gasteiger charge is 2.20. The molecule has 0 bridgehead atoms. The van der Waals surface area contributed by atoms with Crippen LogP contribution in [0.15, 0.2) is 55.0 Å². The fourth-order valence-corrected chi connectivity index (χ4v) is 2.42. The van der Waals surface area contributed by atoms with Crippen LogP contribution in [0, 0.1) is 11.7 Å². The number of carbonyl (C=O) groups is 1. The van der Waals surface area contributed by atoms with Crippen molar-refractivity contribution in [1.29, 1.82) is 0 Å². The van der Waals surface area contributed by atoms with Gasteiger partial charge in [0.05, 0.1) is 11.9 Å². The van der Waals surface area contributed by atoms with E-state index in [0.717, 1.165) is 0 Å². The Bertz CT molecular complexity index is 841. The second kappa shape index (κ2) is 7.31. The van der Waals surface area contributed by atoms with Crippen molar-refractivity contribution in [2.75, 3.05) is 13.2 Å². The normalized spacial score (nSPS) is 12.1. The molecule has 0 spiro atoms. The van der Waals surface area contributed by atoms with Crippen LogP contribution in [0.1, 0.15) is 17.3 Å². The lowest BCUT2D eigenvalue weighted by molar-refractivity contribution is 0.0942. The Morgan fingerprint density at radius 1 is 1.28 bits per heavy atom. The molecule has 6 nitrogen and oxygen atoms in total. The number of amides is 1. The van der Waals surface area contributed by atoms with Gasteiger partial charge in [-0.2, -0.15) is 5.10 Å². The summed E-state index contributed by atoms with van der Waals surface area (Å²) in [6, 6.07) is 9.59. The molecule has 130 valence electrons. The van der Waals surface area contributed by atoms with Crippen LogP contribution in [0.25, 0.3) is 11.5 Å². The van der Waals surface area contributed by atoms with Gasteiger partial charge in [-0.25, -0.2) is 9.07 Å². The molecular formula is C18H19FN4O2. The SMILES string of the molecule is CC(CO)CNC(=O)c1cnn(-c2ccc(F)cc2)c1-n1cccc1. The zero-order valence-corrected chi connectivity index (χ0v) is 13.8. The van der Waals surface area contributed by atoms with E-state index in [1.165, 1.54) is 18.3 Å². The van der Waals surface area contributed by atoms with Gasteiger partial charge in [0.2, 0.25) is 0 Å². The van der Waals surface area contributed by atoms with E-state index in [9.17, 15) is 9.18 Å². The van der Waals surface area contributed by atoms with Crippen LogP contribution in [-0.2, 0) is 0 Å². The van der Waals surface area contributed by atoms with Gasteiger partial charge in [-0.3, -0.25) is 4.79 Å². The predicted molar refractivity (Wildman–Crippen MR) is 91.4 cm³/mol. The van der Waals surface area contributed by atoms with Crippen LogP contribution < -0.4 is 5.32 Å². The van der Waals surface area contributed by atoms with Crippen LogP contribution in [0.3, 0.4) is 0 Å². The minimum Gasteiger partial charge on any atom is -0.396 e. The van der Waals surface area contributed by atoms with Crippen LogP contribution >= 0.6 is 0 Å². The molecule has 25 heavy (non-hydrogen) atoms. The first-order chi connectivity index (χ1) is 12.1. The molecule has 2 N–H and O–H groups in total. The van der Waals surface area contributed by atoms with E-state index in [0.29, 0.717) is 23.6 Å². The Labute approximate surface area is 144 Å². The molecule has 1 unspecified atom stereocenters. The lowest BCUT2D eigenvalue weighted by Gasteiger charge is -2.12. The molecule has 2 heterocycles. The minimum absolute atomic E-state index is 0.000418. The zero-order chi connectivity index (χ0) is 17.8. The number of halogens is 1. The van der Waals surface area contributed by atoms with E-state index in [1.54, 1.807) is 21.4 Å². The van der Waals surface area contributed by atoms with Crippen molar-refractivity contribution in [2.24, 2.45) is 5.92 Å². The Morgan fingerprint density at radius 3 is 2.60 bits per heavy atom. The first kappa shape index (κ1) is 16.9. The Morgan fingerprint density at radius 2 is 1.96 bits per heavy atom. The van der Waals surface area contributed by atoms with Crippen molar-refractivity contribution in [2.45, 2.75) is 6.92 Å². The topological polar surface area (TPSA) is 72.1 Å². The quantitative estimate of drug-likeness (QED) is 0.721. The van der Waals surface area contributed by atoms with Gasteiger partial charge >= 0.3 is 0 Å². The van der Waals surface area contributed by atoms with Crippen molar-refractivity contribution in [3.05, 3.63) is 66.4 Å². The Hall–Kier alpha value is -2.93. The fourth-order valence-electron chi connectivity index (χ4n) is 2.42. The van der Waals surface area contributed by atoms with Gasteiger partial charge in [-0.1, -0.05) is 6.92 Å². The molecule has 0 aliphatic heterocycles. The molecule has 0 aliphatic rings. The van der Waals surface area contributed by atoms with Gasteiger partial charge in [0.1, 0.15) is 11.4 Å². The summed E-state index contributed by atoms with van der Waals surface area (Å²) in [7, 11) is 0. The number of nitrogens with zero attached hydrogens (tertiary/aromatic N) is 3. The number of rotatable bonds is 6. The Balaban J connectivity index is 1.99. The number of hydrogen-bond donors (Lipinski definition) is 2. The molecule has 2 aromatic heterocycles.